The number of carbonyl (C=O) groups is 2. The van der Waals surface area contributed by atoms with E-state index in [4.69, 9.17) is 4.74 Å². The van der Waals surface area contributed by atoms with Crippen molar-refractivity contribution in [3.8, 4) is 0 Å². The lowest BCUT2D eigenvalue weighted by Gasteiger charge is -2.43. The van der Waals surface area contributed by atoms with Gasteiger partial charge in [0.25, 0.3) is 5.91 Å². The molecule has 1 N–H and O–H groups in total. The molecule has 3 aliphatic rings. The Hall–Kier alpha value is -1.14. The fourth-order valence-corrected chi connectivity index (χ4v) is 4.80. The second-order valence-electron chi connectivity index (χ2n) is 9.35. The molecule has 0 aromatic rings. The van der Waals surface area contributed by atoms with Crippen LogP contribution in [0.25, 0.3) is 0 Å². The maximum absolute atomic E-state index is 13.3. The molecule has 3 atom stereocenters. The van der Waals surface area contributed by atoms with Crippen LogP contribution in [0.1, 0.15) is 65.7 Å². The highest BCUT2D eigenvalue weighted by Crippen LogP contribution is 2.38. The van der Waals surface area contributed by atoms with E-state index in [0.717, 1.165) is 38.5 Å². The van der Waals surface area contributed by atoms with Gasteiger partial charge in [0.05, 0.1) is 6.04 Å². The fraction of sp³-hybridized carbons (Fsp3) is 0.905. The summed E-state index contributed by atoms with van der Waals surface area (Å²) in [5, 5.41) is 3.38. The molecule has 1 unspecified atom stereocenters. The number of carbonyl (C=O) groups excluding carboxylic acids is 2. The number of rotatable bonds is 5. The van der Waals surface area contributed by atoms with Gasteiger partial charge in [0.1, 0.15) is 6.10 Å². The molecule has 2 heterocycles. The fourth-order valence-electron chi connectivity index (χ4n) is 4.80. The second-order valence-corrected chi connectivity index (χ2v) is 9.35. The highest BCUT2D eigenvalue weighted by atomic mass is 16.5. The first-order chi connectivity index (χ1) is 12.8. The average Bonchev–Trinajstić information content (AvgIpc) is 3.34. The van der Waals surface area contributed by atoms with Crippen LogP contribution in [-0.2, 0) is 14.3 Å². The van der Waals surface area contributed by atoms with E-state index in [0.29, 0.717) is 31.5 Å². The Labute approximate surface area is 164 Å². The van der Waals surface area contributed by atoms with E-state index >= 15 is 0 Å². The molecule has 3 rings (SSSR count). The van der Waals surface area contributed by atoms with Crippen molar-refractivity contribution in [2.24, 2.45) is 5.41 Å². The molecular weight excluding hydrogens is 342 g/mol. The zero-order valence-corrected chi connectivity index (χ0v) is 17.5. The first-order valence-electron chi connectivity index (χ1n) is 10.7. The predicted octanol–water partition coefficient (Wildman–Crippen LogP) is 2.17. The molecule has 0 spiro atoms. The largest absolute Gasteiger partial charge is 0.368 e. The van der Waals surface area contributed by atoms with E-state index in [9.17, 15) is 9.59 Å². The van der Waals surface area contributed by atoms with Crippen LogP contribution in [0.4, 0.5) is 0 Å². The van der Waals surface area contributed by atoms with Gasteiger partial charge in [0, 0.05) is 38.8 Å². The minimum atomic E-state index is -0.284. The summed E-state index contributed by atoms with van der Waals surface area (Å²) >= 11 is 0. The van der Waals surface area contributed by atoms with Crippen LogP contribution in [0.2, 0.25) is 0 Å². The number of hydrogen-bond acceptors (Lipinski definition) is 4. The summed E-state index contributed by atoms with van der Waals surface area (Å²) in [6, 6.07) is 0.186. The predicted molar refractivity (Wildman–Crippen MR) is 105 cm³/mol. The third-order valence-corrected chi connectivity index (χ3v) is 6.81. The van der Waals surface area contributed by atoms with E-state index in [-0.39, 0.29) is 36.0 Å². The summed E-state index contributed by atoms with van der Waals surface area (Å²) in [6.45, 7) is 8.72. The van der Waals surface area contributed by atoms with Gasteiger partial charge >= 0.3 is 0 Å². The molecule has 0 aromatic heterocycles. The lowest BCUT2D eigenvalue weighted by atomic mass is 9.75. The van der Waals surface area contributed by atoms with Gasteiger partial charge in [-0.25, -0.2) is 0 Å². The lowest BCUT2D eigenvalue weighted by Crippen LogP contribution is -2.53. The van der Waals surface area contributed by atoms with Crippen LogP contribution in [0.5, 0.6) is 0 Å². The minimum Gasteiger partial charge on any atom is -0.368 e. The Morgan fingerprint density at radius 2 is 1.81 bits per heavy atom. The molecule has 27 heavy (non-hydrogen) atoms. The van der Waals surface area contributed by atoms with Crippen molar-refractivity contribution in [3.05, 3.63) is 0 Å². The van der Waals surface area contributed by atoms with Gasteiger partial charge < -0.3 is 19.9 Å². The van der Waals surface area contributed by atoms with Crippen LogP contribution < -0.4 is 5.32 Å². The summed E-state index contributed by atoms with van der Waals surface area (Å²) in [4.78, 5) is 29.8. The van der Waals surface area contributed by atoms with Gasteiger partial charge in [-0.15, -0.1) is 0 Å². The molecule has 154 valence electrons. The molecule has 6 nitrogen and oxygen atoms in total. The van der Waals surface area contributed by atoms with Crippen molar-refractivity contribution in [1.29, 1.82) is 0 Å². The van der Waals surface area contributed by atoms with E-state index in [1.165, 1.54) is 0 Å². The SMILES string of the molecule is CCN(C)C(=O)[C@@H]1C[C@H](N(C(=O)C2CCCO2)C2CCC(C)(C)CC2)CN1. The number of ether oxygens (including phenoxy) is 1. The maximum Gasteiger partial charge on any atom is 0.252 e. The van der Waals surface area contributed by atoms with Crippen LogP contribution in [0.15, 0.2) is 0 Å². The summed E-state index contributed by atoms with van der Waals surface area (Å²) in [5.41, 5.74) is 0.366. The number of nitrogens with one attached hydrogen (secondary N) is 1. The number of amides is 2. The van der Waals surface area contributed by atoms with Crippen LogP contribution in [0.3, 0.4) is 0 Å². The Morgan fingerprint density at radius 3 is 2.41 bits per heavy atom. The highest BCUT2D eigenvalue weighted by molar-refractivity contribution is 5.84. The summed E-state index contributed by atoms with van der Waals surface area (Å²) in [6.07, 6.45) is 6.61. The first-order valence-corrected chi connectivity index (χ1v) is 10.7. The van der Waals surface area contributed by atoms with Crippen LogP contribution >= 0.6 is 0 Å². The molecule has 0 radical (unpaired) electrons. The van der Waals surface area contributed by atoms with E-state index in [1.807, 2.05) is 14.0 Å². The minimum absolute atomic E-state index is 0.0899. The smallest absolute Gasteiger partial charge is 0.252 e. The summed E-state index contributed by atoms with van der Waals surface area (Å²) in [5.74, 6) is 0.287. The zero-order chi connectivity index (χ0) is 19.6. The number of nitrogens with zero attached hydrogens (tertiary/aromatic N) is 2. The van der Waals surface area contributed by atoms with E-state index in [1.54, 1.807) is 4.90 Å². The van der Waals surface area contributed by atoms with Crippen molar-refractivity contribution in [2.45, 2.75) is 89.9 Å². The van der Waals surface area contributed by atoms with Crippen molar-refractivity contribution in [1.82, 2.24) is 15.1 Å². The monoisotopic (exact) mass is 379 g/mol. The molecule has 1 aliphatic carbocycles. The Kier molecular flexibility index (Phi) is 6.46. The van der Waals surface area contributed by atoms with Gasteiger partial charge in [-0.3, -0.25) is 9.59 Å². The third-order valence-electron chi connectivity index (χ3n) is 6.81. The lowest BCUT2D eigenvalue weighted by molar-refractivity contribution is -0.147. The van der Waals surface area contributed by atoms with Crippen LogP contribution in [-0.4, -0.2) is 72.6 Å². The quantitative estimate of drug-likeness (QED) is 0.795. The standard InChI is InChI=1S/C21H37N3O3/c1-5-23(4)19(25)17-13-16(14-22-17)24(20(26)18-7-6-12-27-18)15-8-10-21(2,3)11-9-15/h15-18,22H,5-14H2,1-4H3/t16-,17-,18?/m0/s1. The van der Waals surface area contributed by atoms with Gasteiger partial charge in [-0.05, 0) is 57.3 Å². The summed E-state index contributed by atoms with van der Waals surface area (Å²) < 4.78 is 5.73. The third kappa shape index (κ3) is 4.65. The first kappa shape index (κ1) is 20.6. The van der Waals surface area contributed by atoms with Gasteiger partial charge in [-0.1, -0.05) is 13.8 Å². The topological polar surface area (TPSA) is 61.9 Å². The van der Waals surface area contributed by atoms with Crippen molar-refractivity contribution >= 4 is 11.8 Å². The van der Waals surface area contributed by atoms with Gasteiger partial charge in [-0.2, -0.15) is 0 Å². The number of likely N-dealkylation sites (N-methyl/N-ethyl adjacent to an activating group) is 1. The van der Waals surface area contributed by atoms with E-state index in [2.05, 4.69) is 24.1 Å². The molecule has 1 saturated carbocycles. The van der Waals surface area contributed by atoms with Gasteiger partial charge in [0.2, 0.25) is 5.91 Å². The average molecular weight is 380 g/mol. The second kappa shape index (κ2) is 8.48. The molecule has 6 heteroatoms. The van der Waals surface area contributed by atoms with Crippen molar-refractivity contribution < 1.29 is 14.3 Å². The van der Waals surface area contributed by atoms with Crippen LogP contribution in [0, 0.1) is 5.41 Å². The highest BCUT2D eigenvalue weighted by Gasteiger charge is 2.43. The Morgan fingerprint density at radius 1 is 1.11 bits per heavy atom. The van der Waals surface area contributed by atoms with E-state index < -0.39 is 0 Å². The normalized spacial score (nSPS) is 31.0. The molecule has 3 fully saturated rings. The molecule has 2 aliphatic heterocycles. The molecule has 2 amide bonds. The Balaban J connectivity index is 1.72. The van der Waals surface area contributed by atoms with Crippen molar-refractivity contribution in [3.63, 3.8) is 0 Å². The number of hydrogen-bond donors (Lipinski definition) is 1. The molecule has 0 aromatic carbocycles. The zero-order valence-electron chi connectivity index (χ0n) is 17.5. The molecule has 0 bridgehead atoms. The maximum atomic E-state index is 13.3. The van der Waals surface area contributed by atoms with Crippen molar-refractivity contribution in [2.75, 3.05) is 26.7 Å². The summed E-state index contributed by atoms with van der Waals surface area (Å²) in [7, 11) is 1.84. The molecular formula is C21H37N3O3. The Bertz CT molecular complexity index is 535. The van der Waals surface area contributed by atoms with Gasteiger partial charge in [0.15, 0.2) is 0 Å². The molecule has 2 saturated heterocycles.